The number of aromatic nitrogens is 1. The lowest BCUT2D eigenvalue weighted by atomic mass is 9.89. The molecule has 0 bridgehead atoms. The lowest BCUT2D eigenvalue weighted by molar-refractivity contribution is 0.0755. The molecule has 1 aromatic heterocycles. The van der Waals surface area contributed by atoms with E-state index in [9.17, 15) is 0 Å². The van der Waals surface area contributed by atoms with Crippen molar-refractivity contribution in [3.05, 3.63) is 58.9 Å². The first-order chi connectivity index (χ1) is 15.1. The second-order valence-electron chi connectivity index (χ2n) is 9.73. The Hall–Kier alpha value is -1.95. The lowest BCUT2D eigenvalue weighted by Gasteiger charge is -2.43. The molecule has 0 unspecified atom stereocenters. The van der Waals surface area contributed by atoms with Gasteiger partial charge < -0.3 is 15.0 Å². The van der Waals surface area contributed by atoms with Gasteiger partial charge in [0.2, 0.25) is 0 Å². The molecule has 3 aliphatic rings. The molecule has 2 aromatic rings. The second kappa shape index (κ2) is 8.89. The zero-order chi connectivity index (χ0) is 21.4. The van der Waals surface area contributed by atoms with Crippen molar-refractivity contribution < 1.29 is 4.74 Å². The van der Waals surface area contributed by atoms with Crippen LogP contribution in [0, 0.1) is 0 Å². The minimum Gasteiger partial charge on any atom is -0.377 e. The summed E-state index contributed by atoms with van der Waals surface area (Å²) in [5.41, 5.74) is 7.13. The molecular formula is C26H36N4O. The summed E-state index contributed by atoms with van der Waals surface area (Å²) in [6.07, 6.45) is 6.66. The number of ether oxygens (including phenoxy) is 1. The number of likely N-dealkylation sites (N-methyl/N-ethyl adjacent to an activating group) is 1. The summed E-state index contributed by atoms with van der Waals surface area (Å²) in [6.45, 7) is 8.19. The minimum absolute atomic E-state index is 0.413. The second-order valence-corrected chi connectivity index (χ2v) is 9.73. The van der Waals surface area contributed by atoms with Crippen LogP contribution >= 0.6 is 0 Å². The number of pyridine rings is 1. The molecule has 1 saturated heterocycles. The molecule has 4 atom stereocenters. The van der Waals surface area contributed by atoms with Crippen LogP contribution in [0.5, 0.6) is 0 Å². The number of fused-ring (bicyclic) bond motifs is 2. The van der Waals surface area contributed by atoms with Crippen LogP contribution in [-0.4, -0.2) is 54.8 Å². The van der Waals surface area contributed by atoms with Gasteiger partial charge in [0.25, 0.3) is 0 Å². The monoisotopic (exact) mass is 420 g/mol. The molecule has 3 heterocycles. The van der Waals surface area contributed by atoms with Crippen LogP contribution < -0.4 is 10.2 Å². The summed E-state index contributed by atoms with van der Waals surface area (Å²) < 4.78 is 5.79. The van der Waals surface area contributed by atoms with Crippen LogP contribution in [0.4, 0.5) is 5.69 Å². The Kier molecular flexibility index (Phi) is 6.00. The number of aryl methyl sites for hydroxylation is 1. The van der Waals surface area contributed by atoms with Gasteiger partial charge in [0.05, 0.1) is 24.9 Å². The van der Waals surface area contributed by atoms with Gasteiger partial charge in [-0.25, -0.2) is 0 Å². The highest BCUT2D eigenvalue weighted by Crippen LogP contribution is 2.35. The Morgan fingerprint density at radius 1 is 1.13 bits per heavy atom. The molecule has 0 spiro atoms. The van der Waals surface area contributed by atoms with Gasteiger partial charge in [-0.3, -0.25) is 9.88 Å². The predicted molar refractivity (Wildman–Crippen MR) is 126 cm³/mol. The minimum atomic E-state index is 0.413. The Balaban J connectivity index is 1.34. The smallest absolute Gasteiger partial charge is 0.0668 e. The molecule has 5 nitrogen and oxygen atoms in total. The van der Waals surface area contributed by atoms with E-state index in [4.69, 9.17) is 9.72 Å². The van der Waals surface area contributed by atoms with Crippen LogP contribution in [0.1, 0.15) is 55.1 Å². The quantitative estimate of drug-likeness (QED) is 0.816. The molecule has 31 heavy (non-hydrogen) atoms. The average molecular weight is 421 g/mol. The standard InChI is InChI=1S/C26H36N4O/c1-18-16-31-17-19(2)30(18)24-10-5-8-21-14-28-22(13-23(21)24)15-29(3)25-11-4-7-20-9-6-12-27-26(20)25/h5-6,8-10,12,18-19,22,25,28H,4,7,11,13-17H2,1-3H3/t18-,19+,22-,25+/m1/s1. The third kappa shape index (κ3) is 4.11. The van der Waals surface area contributed by atoms with E-state index in [1.807, 2.05) is 6.20 Å². The third-order valence-corrected chi connectivity index (χ3v) is 7.43. The largest absolute Gasteiger partial charge is 0.377 e. The van der Waals surface area contributed by atoms with E-state index in [0.717, 1.165) is 32.7 Å². The number of rotatable bonds is 4. The van der Waals surface area contributed by atoms with Crippen molar-refractivity contribution in [3.63, 3.8) is 0 Å². The molecule has 1 N–H and O–H groups in total. The maximum absolute atomic E-state index is 5.79. The first kappa shape index (κ1) is 20.9. The number of hydrogen-bond acceptors (Lipinski definition) is 5. The molecule has 1 fully saturated rings. The number of morpholine rings is 1. The zero-order valence-electron chi connectivity index (χ0n) is 19.2. The van der Waals surface area contributed by atoms with Gasteiger partial charge in [-0.2, -0.15) is 0 Å². The Bertz CT molecular complexity index is 906. The van der Waals surface area contributed by atoms with Crippen molar-refractivity contribution >= 4 is 5.69 Å². The molecule has 5 heteroatoms. The zero-order valence-corrected chi connectivity index (χ0v) is 19.2. The van der Waals surface area contributed by atoms with E-state index < -0.39 is 0 Å². The highest BCUT2D eigenvalue weighted by Gasteiger charge is 2.32. The first-order valence-corrected chi connectivity index (χ1v) is 12.0. The SMILES string of the molecule is C[C@@H]1COC[C@H](C)N1c1cccc2c1C[C@H](CN(C)[C@H]1CCCc3cccnc31)NC2. The Morgan fingerprint density at radius 2 is 1.94 bits per heavy atom. The molecule has 0 radical (unpaired) electrons. The Labute approximate surface area is 186 Å². The van der Waals surface area contributed by atoms with Crippen molar-refractivity contribution in [3.8, 4) is 0 Å². The fourth-order valence-corrected chi connectivity index (χ4v) is 5.93. The van der Waals surface area contributed by atoms with Gasteiger partial charge in [0.1, 0.15) is 0 Å². The molecule has 2 aliphatic heterocycles. The molecular weight excluding hydrogens is 384 g/mol. The van der Waals surface area contributed by atoms with Gasteiger partial charge >= 0.3 is 0 Å². The Morgan fingerprint density at radius 3 is 2.77 bits per heavy atom. The number of hydrogen-bond donors (Lipinski definition) is 1. The summed E-state index contributed by atoms with van der Waals surface area (Å²) in [5.74, 6) is 0. The number of benzene rings is 1. The van der Waals surface area contributed by atoms with E-state index in [2.05, 4.69) is 66.3 Å². The van der Waals surface area contributed by atoms with E-state index in [1.165, 1.54) is 47.3 Å². The third-order valence-electron chi connectivity index (χ3n) is 7.43. The van der Waals surface area contributed by atoms with Gasteiger partial charge in [-0.15, -0.1) is 0 Å². The van der Waals surface area contributed by atoms with E-state index >= 15 is 0 Å². The van der Waals surface area contributed by atoms with Crippen LogP contribution in [0.15, 0.2) is 36.5 Å². The molecule has 5 rings (SSSR count). The maximum Gasteiger partial charge on any atom is 0.0668 e. The summed E-state index contributed by atoms with van der Waals surface area (Å²) in [7, 11) is 2.28. The number of anilines is 1. The predicted octanol–water partition coefficient (Wildman–Crippen LogP) is 3.72. The van der Waals surface area contributed by atoms with E-state index in [-0.39, 0.29) is 0 Å². The van der Waals surface area contributed by atoms with Crippen LogP contribution in [0.2, 0.25) is 0 Å². The summed E-state index contributed by atoms with van der Waals surface area (Å²) in [6, 6.07) is 12.9. The molecule has 1 aromatic carbocycles. The molecule has 0 saturated carbocycles. The summed E-state index contributed by atoms with van der Waals surface area (Å²) >= 11 is 0. The normalized spacial score (nSPS) is 28.3. The lowest BCUT2D eigenvalue weighted by Crippen LogP contribution is -2.51. The summed E-state index contributed by atoms with van der Waals surface area (Å²) in [4.78, 5) is 9.89. The van der Waals surface area contributed by atoms with E-state index in [1.54, 1.807) is 0 Å². The van der Waals surface area contributed by atoms with Crippen molar-refractivity contribution in [2.24, 2.45) is 0 Å². The maximum atomic E-state index is 5.79. The topological polar surface area (TPSA) is 40.6 Å². The van der Waals surface area contributed by atoms with Crippen molar-refractivity contribution in [1.82, 2.24) is 15.2 Å². The fraction of sp³-hybridized carbons (Fsp3) is 0.577. The van der Waals surface area contributed by atoms with Gasteiger partial charge in [0.15, 0.2) is 0 Å². The van der Waals surface area contributed by atoms with E-state index in [0.29, 0.717) is 24.2 Å². The molecule has 166 valence electrons. The highest BCUT2D eigenvalue weighted by molar-refractivity contribution is 5.59. The van der Waals surface area contributed by atoms with Gasteiger partial charge in [-0.05, 0) is 75.4 Å². The molecule has 1 aliphatic carbocycles. The van der Waals surface area contributed by atoms with Crippen LogP contribution in [0.25, 0.3) is 0 Å². The van der Waals surface area contributed by atoms with Gasteiger partial charge in [-0.1, -0.05) is 18.2 Å². The fourth-order valence-electron chi connectivity index (χ4n) is 5.93. The van der Waals surface area contributed by atoms with Crippen molar-refractivity contribution in [1.29, 1.82) is 0 Å². The number of nitrogens with zero attached hydrogens (tertiary/aromatic N) is 3. The van der Waals surface area contributed by atoms with Crippen LogP contribution in [-0.2, 0) is 24.1 Å². The van der Waals surface area contributed by atoms with Crippen LogP contribution in [0.3, 0.4) is 0 Å². The van der Waals surface area contributed by atoms with Crippen molar-refractivity contribution in [2.75, 3.05) is 31.7 Å². The highest BCUT2D eigenvalue weighted by atomic mass is 16.5. The molecule has 0 amide bonds. The van der Waals surface area contributed by atoms with Gasteiger partial charge in [0, 0.05) is 43.1 Å². The average Bonchev–Trinajstić information content (AvgIpc) is 2.79. The van der Waals surface area contributed by atoms with Crippen molar-refractivity contribution in [2.45, 2.75) is 70.2 Å². The summed E-state index contributed by atoms with van der Waals surface area (Å²) in [5, 5.41) is 3.82. The number of nitrogens with one attached hydrogen (secondary N) is 1. The first-order valence-electron chi connectivity index (χ1n) is 12.0.